The van der Waals surface area contributed by atoms with Crippen molar-refractivity contribution in [2.24, 2.45) is 5.73 Å². The molecule has 0 amide bonds. The summed E-state index contributed by atoms with van der Waals surface area (Å²) in [5.74, 6) is 0.845. The molecule has 5 rings (SSSR count). The number of fused-ring (bicyclic) bond motifs is 1. The van der Waals surface area contributed by atoms with Gasteiger partial charge in [0.05, 0.1) is 28.8 Å². The van der Waals surface area contributed by atoms with Crippen LogP contribution in [0.2, 0.25) is 0 Å². The van der Waals surface area contributed by atoms with Crippen molar-refractivity contribution in [2.45, 2.75) is 25.2 Å². The van der Waals surface area contributed by atoms with Crippen LogP contribution in [0.1, 0.15) is 36.3 Å². The fraction of sp³-hybridized carbons (Fsp3) is 0.208. The number of anilines is 1. The number of benzene rings is 2. The molecule has 152 valence electrons. The van der Waals surface area contributed by atoms with Gasteiger partial charge in [-0.05, 0) is 42.7 Å². The third-order valence-corrected chi connectivity index (χ3v) is 5.91. The van der Waals surface area contributed by atoms with E-state index in [1.54, 1.807) is 29.2 Å². The van der Waals surface area contributed by atoms with Crippen molar-refractivity contribution in [1.29, 1.82) is 10.5 Å². The average molecular weight is 410 g/mol. The number of Topliss-reactive ketones (excluding diaryl/α,β-unsaturated/α-hetero) is 1. The summed E-state index contributed by atoms with van der Waals surface area (Å²) >= 11 is 0. The topological polar surface area (TPSA) is 112 Å². The van der Waals surface area contributed by atoms with E-state index in [0.29, 0.717) is 47.6 Å². The minimum atomic E-state index is -0.590. The molecule has 1 aliphatic carbocycles. The van der Waals surface area contributed by atoms with Gasteiger partial charge < -0.3 is 15.2 Å². The maximum Gasteiger partial charge on any atom is 0.231 e. The van der Waals surface area contributed by atoms with E-state index in [-0.39, 0.29) is 24.0 Å². The second-order valence-corrected chi connectivity index (χ2v) is 7.56. The largest absolute Gasteiger partial charge is 0.454 e. The molecule has 0 aromatic heterocycles. The van der Waals surface area contributed by atoms with Crippen LogP contribution in [-0.4, -0.2) is 12.6 Å². The molecule has 0 unspecified atom stereocenters. The molecule has 0 saturated heterocycles. The van der Waals surface area contributed by atoms with E-state index in [1.807, 2.05) is 18.2 Å². The highest BCUT2D eigenvalue weighted by Gasteiger charge is 2.41. The number of para-hydroxylation sites is 1. The van der Waals surface area contributed by atoms with Crippen LogP contribution in [0, 0.1) is 22.7 Å². The molecular formula is C24H18N4O3. The summed E-state index contributed by atoms with van der Waals surface area (Å²) in [6, 6.07) is 16.9. The second-order valence-electron chi connectivity index (χ2n) is 7.56. The van der Waals surface area contributed by atoms with Crippen LogP contribution in [-0.2, 0) is 4.79 Å². The maximum atomic E-state index is 13.2. The summed E-state index contributed by atoms with van der Waals surface area (Å²) in [4.78, 5) is 14.9. The van der Waals surface area contributed by atoms with Crippen molar-refractivity contribution >= 4 is 11.5 Å². The Morgan fingerprint density at radius 2 is 1.84 bits per heavy atom. The van der Waals surface area contributed by atoms with Crippen LogP contribution in [0.4, 0.5) is 5.69 Å². The minimum absolute atomic E-state index is 0.0106. The Balaban J connectivity index is 1.75. The molecule has 2 N–H and O–H groups in total. The van der Waals surface area contributed by atoms with Gasteiger partial charge in [-0.1, -0.05) is 18.2 Å². The number of ether oxygens (including phenoxy) is 2. The second kappa shape index (κ2) is 7.23. The third kappa shape index (κ3) is 2.83. The van der Waals surface area contributed by atoms with E-state index in [4.69, 9.17) is 15.2 Å². The Bertz CT molecular complexity index is 1260. The van der Waals surface area contributed by atoms with Crippen LogP contribution in [0.15, 0.2) is 65.1 Å². The molecule has 0 saturated carbocycles. The first-order chi connectivity index (χ1) is 15.1. The zero-order valence-electron chi connectivity index (χ0n) is 16.6. The summed E-state index contributed by atoms with van der Waals surface area (Å²) in [6.07, 6.45) is 1.72. The summed E-state index contributed by atoms with van der Waals surface area (Å²) < 4.78 is 10.9. The van der Waals surface area contributed by atoms with Crippen molar-refractivity contribution in [3.05, 3.63) is 76.3 Å². The minimum Gasteiger partial charge on any atom is -0.454 e. The van der Waals surface area contributed by atoms with Gasteiger partial charge in [-0.3, -0.25) is 9.69 Å². The van der Waals surface area contributed by atoms with Crippen molar-refractivity contribution in [3.63, 3.8) is 0 Å². The predicted octanol–water partition coefficient (Wildman–Crippen LogP) is 3.59. The number of hydrogen-bond acceptors (Lipinski definition) is 7. The highest BCUT2D eigenvalue weighted by atomic mass is 16.7. The molecule has 0 spiro atoms. The molecule has 0 radical (unpaired) electrons. The van der Waals surface area contributed by atoms with E-state index in [1.165, 1.54) is 0 Å². The normalized spacial score (nSPS) is 19.7. The number of carbonyl (C=O) groups is 1. The van der Waals surface area contributed by atoms with Crippen LogP contribution >= 0.6 is 0 Å². The number of rotatable bonds is 2. The van der Waals surface area contributed by atoms with E-state index >= 15 is 0 Å². The number of ketones is 1. The van der Waals surface area contributed by atoms with E-state index in [9.17, 15) is 15.3 Å². The molecule has 2 heterocycles. The average Bonchev–Trinajstić information content (AvgIpc) is 3.26. The predicted molar refractivity (Wildman–Crippen MR) is 112 cm³/mol. The molecule has 7 nitrogen and oxygen atoms in total. The summed E-state index contributed by atoms with van der Waals surface area (Å²) in [6.45, 7) is 0.137. The van der Waals surface area contributed by atoms with Gasteiger partial charge in [0.15, 0.2) is 17.3 Å². The van der Waals surface area contributed by atoms with Gasteiger partial charge in [0.25, 0.3) is 0 Å². The van der Waals surface area contributed by atoms with Gasteiger partial charge in [0.1, 0.15) is 11.9 Å². The molecule has 2 aromatic rings. The number of nitrogens with two attached hydrogens (primary N) is 1. The highest BCUT2D eigenvalue weighted by Crippen LogP contribution is 2.48. The quantitative estimate of drug-likeness (QED) is 0.805. The summed E-state index contributed by atoms with van der Waals surface area (Å²) in [7, 11) is 0. The Kier molecular flexibility index (Phi) is 4.38. The fourth-order valence-corrected chi connectivity index (χ4v) is 4.55. The van der Waals surface area contributed by atoms with Gasteiger partial charge in [-0.2, -0.15) is 10.5 Å². The number of nitriles is 2. The van der Waals surface area contributed by atoms with E-state index in [0.717, 1.165) is 11.3 Å². The number of allylic oxidation sites excluding steroid dienone is 3. The Hall–Kier alpha value is -4.23. The molecule has 2 aromatic carbocycles. The molecule has 0 fully saturated rings. The number of nitrogens with zero attached hydrogens (tertiary/aromatic N) is 3. The first-order valence-corrected chi connectivity index (χ1v) is 9.98. The number of hydrogen-bond donors (Lipinski definition) is 1. The lowest BCUT2D eigenvalue weighted by Gasteiger charge is -2.40. The molecule has 1 atom stereocenters. The lowest BCUT2D eigenvalue weighted by molar-refractivity contribution is -0.116. The molecular weight excluding hydrogens is 392 g/mol. The van der Waals surface area contributed by atoms with Gasteiger partial charge in [-0.25, -0.2) is 0 Å². The van der Waals surface area contributed by atoms with Gasteiger partial charge in [0.2, 0.25) is 6.79 Å². The van der Waals surface area contributed by atoms with Crippen molar-refractivity contribution in [1.82, 2.24) is 0 Å². The first-order valence-electron chi connectivity index (χ1n) is 9.98. The van der Waals surface area contributed by atoms with Crippen LogP contribution < -0.4 is 20.1 Å². The third-order valence-electron chi connectivity index (χ3n) is 5.91. The molecule has 0 bridgehead atoms. The molecule has 7 heteroatoms. The van der Waals surface area contributed by atoms with Crippen molar-refractivity contribution in [3.8, 4) is 23.6 Å². The lowest BCUT2D eigenvalue weighted by atomic mass is 9.75. The molecule has 2 aliphatic heterocycles. The van der Waals surface area contributed by atoms with Gasteiger partial charge in [-0.15, -0.1) is 0 Å². The van der Waals surface area contributed by atoms with E-state index < -0.39 is 5.92 Å². The number of carbonyl (C=O) groups excluding carboxylic acids is 1. The molecule has 3 aliphatic rings. The van der Waals surface area contributed by atoms with Crippen LogP contribution in [0.5, 0.6) is 11.5 Å². The van der Waals surface area contributed by atoms with Gasteiger partial charge in [0, 0.05) is 17.7 Å². The standard InChI is InChI=1S/C24H18N4O3/c25-11-15-4-1-2-5-17(15)28-18-6-3-7-19(29)23(18)22(16(12-26)24(28)27)14-8-9-20-21(10-14)31-13-30-20/h1-2,4-5,8-10,22H,3,6-7,13,27H2/t22-/m0/s1. The van der Waals surface area contributed by atoms with Crippen LogP contribution in [0.3, 0.4) is 0 Å². The Morgan fingerprint density at radius 3 is 2.65 bits per heavy atom. The maximum absolute atomic E-state index is 13.2. The Morgan fingerprint density at radius 1 is 1.03 bits per heavy atom. The van der Waals surface area contributed by atoms with Crippen LogP contribution in [0.25, 0.3) is 0 Å². The smallest absolute Gasteiger partial charge is 0.231 e. The first kappa shape index (κ1) is 18.8. The van der Waals surface area contributed by atoms with Crippen molar-refractivity contribution in [2.75, 3.05) is 11.7 Å². The fourth-order valence-electron chi connectivity index (χ4n) is 4.55. The molecule has 31 heavy (non-hydrogen) atoms. The monoisotopic (exact) mass is 410 g/mol. The highest BCUT2D eigenvalue weighted by molar-refractivity contribution is 6.01. The zero-order valence-corrected chi connectivity index (χ0v) is 16.6. The SMILES string of the molecule is N#CC1=C(N)N(c2ccccc2C#N)C2=C(C(=O)CCC2)[C@H]1c1ccc2c(c1)OCO2. The Labute approximate surface area is 179 Å². The summed E-state index contributed by atoms with van der Waals surface area (Å²) in [5, 5.41) is 19.7. The lowest BCUT2D eigenvalue weighted by Crippen LogP contribution is -2.39. The van der Waals surface area contributed by atoms with E-state index in [2.05, 4.69) is 12.1 Å². The van der Waals surface area contributed by atoms with Gasteiger partial charge >= 0.3 is 0 Å². The van der Waals surface area contributed by atoms with Crippen molar-refractivity contribution < 1.29 is 14.3 Å². The summed E-state index contributed by atoms with van der Waals surface area (Å²) in [5.41, 5.74) is 9.89. The zero-order chi connectivity index (χ0) is 21.5.